The molecule has 3 heterocycles. The Labute approximate surface area is 224 Å². The van der Waals surface area contributed by atoms with Crippen molar-refractivity contribution in [3.8, 4) is 0 Å². The summed E-state index contributed by atoms with van der Waals surface area (Å²) < 4.78 is 1.74. The number of anilines is 2. The second kappa shape index (κ2) is 10.7. The minimum absolute atomic E-state index is 0.00413. The molecule has 1 amide bonds. The van der Waals surface area contributed by atoms with Gasteiger partial charge in [-0.05, 0) is 73.9 Å². The smallest absolute Gasteiger partial charge is 0.263 e. The summed E-state index contributed by atoms with van der Waals surface area (Å²) in [6.45, 7) is 2.63. The van der Waals surface area contributed by atoms with E-state index in [1.54, 1.807) is 15.9 Å². The Hall–Kier alpha value is -3.10. The number of piperidine rings is 1. The van der Waals surface area contributed by atoms with Gasteiger partial charge in [0.25, 0.3) is 5.56 Å². The van der Waals surface area contributed by atoms with E-state index in [9.17, 15) is 9.59 Å². The van der Waals surface area contributed by atoms with Crippen LogP contribution in [0.2, 0.25) is 0 Å². The van der Waals surface area contributed by atoms with Gasteiger partial charge in [-0.3, -0.25) is 14.2 Å². The number of carbonyl (C=O) groups is 1. The fraction of sp³-hybridized carbons (Fsp3) is 0.345. The molecule has 1 aliphatic carbocycles. The van der Waals surface area contributed by atoms with E-state index in [1.807, 2.05) is 42.5 Å². The largest absolute Gasteiger partial charge is 0.372 e. The summed E-state index contributed by atoms with van der Waals surface area (Å²) in [5.74, 6) is 0.0797. The minimum atomic E-state index is -0.106. The zero-order chi connectivity index (χ0) is 25.2. The van der Waals surface area contributed by atoms with Gasteiger partial charge < -0.3 is 10.2 Å². The van der Waals surface area contributed by atoms with Crippen LogP contribution in [0.15, 0.2) is 64.5 Å². The number of amides is 1. The number of hydrogen-bond donors (Lipinski definition) is 1. The topological polar surface area (TPSA) is 67.2 Å². The van der Waals surface area contributed by atoms with Crippen molar-refractivity contribution in [2.24, 2.45) is 0 Å². The Morgan fingerprint density at radius 3 is 2.54 bits per heavy atom. The molecule has 0 radical (unpaired) electrons. The Kier molecular flexibility index (Phi) is 7.02. The van der Waals surface area contributed by atoms with Crippen molar-refractivity contribution >= 4 is 50.6 Å². The van der Waals surface area contributed by atoms with Crippen LogP contribution in [0.25, 0.3) is 10.2 Å². The van der Waals surface area contributed by atoms with E-state index in [4.69, 9.17) is 4.98 Å². The summed E-state index contributed by atoms with van der Waals surface area (Å²) >= 11 is 2.96. The van der Waals surface area contributed by atoms with Gasteiger partial charge >= 0.3 is 0 Å². The zero-order valence-electron chi connectivity index (χ0n) is 20.7. The fourth-order valence-electron chi connectivity index (χ4n) is 5.31. The molecular formula is C29H30N4O2S2. The normalized spacial score (nSPS) is 15.2. The van der Waals surface area contributed by atoms with E-state index >= 15 is 0 Å². The molecule has 1 fully saturated rings. The van der Waals surface area contributed by atoms with Crippen molar-refractivity contribution < 1.29 is 4.79 Å². The zero-order valence-corrected chi connectivity index (χ0v) is 22.4. The minimum Gasteiger partial charge on any atom is -0.372 e. The Balaban J connectivity index is 1.20. The molecule has 6 nitrogen and oxygen atoms in total. The molecule has 2 aromatic heterocycles. The molecule has 1 N–H and O–H groups in total. The molecule has 8 heteroatoms. The van der Waals surface area contributed by atoms with Crippen molar-refractivity contribution in [1.29, 1.82) is 0 Å². The number of carbonyl (C=O) groups excluding carboxylic acids is 1. The lowest BCUT2D eigenvalue weighted by Crippen LogP contribution is -2.29. The van der Waals surface area contributed by atoms with Gasteiger partial charge in [-0.1, -0.05) is 42.1 Å². The van der Waals surface area contributed by atoms with Crippen LogP contribution in [0, 0.1) is 0 Å². The maximum Gasteiger partial charge on any atom is 0.263 e. The van der Waals surface area contributed by atoms with Gasteiger partial charge in [0.15, 0.2) is 5.16 Å². The second-order valence-corrected chi connectivity index (χ2v) is 11.8. The molecule has 1 aliphatic heterocycles. The molecule has 4 aromatic rings. The molecule has 6 rings (SSSR count). The number of fused-ring (bicyclic) bond motifs is 3. The van der Waals surface area contributed by atoms with Crippen LogP contribution in [-0.4, -0.2) is 34.3 Å². The second-order valence-electron chi connectivity index (χ2n) is 9.74. The number of aryl methyl sites for hydroxylation is 2. The van der Waals surface area contributed by atoms with Crippen LogP contribution in [0.4, 0.5) is 11.4 Å². The molecule has 0 atom stereocenters. The predicted molar refractivity (Wildman–Crippen MR) is 153 cm³/mol. The SMILES string of the molecule is O=C(CSc1nc2sc3c(c2c(=O)n1Cc1ccccc1)CCC3)Nc1ccc(N2CCCCC2)cc1. The maximum atomic E-state index is 13.7. The first kappa shape index (κ1) is 24.2. The molecule has 2 aromatic carbocycles. The van der Waals surface area contributed by atoms with Crippen LogP contribution < -0.4 is 15.8 Å². The Bertz CT molecular complexity index is 1470. The Morgan fingerprint density at radius 2 is 1.76 bits per heavy atom. The standard InChI is InChI=1S/C29H30N4O2S2/c34-25(30-21-12-14-22(15-13-21)32-16-5-2-6-17-32)19-36-29-31-27-26(23-10-7-11-24(23)37-27)28(35)33(29)18-20-8-3-1-4-9-20/h1,3-4,8-9,12-15H,2,5-7,10-11,16-19H2,(H,30,34). The molecule has 0 saturated carbocycles. The third-order valence-corrected chi connectivity index (χ3v) is 9.34. The average Bonchev–Trinajstić information content (AvgIpc) is 3.52. The summed E-state index contributed by atoms with van der Waals surface area (Å²) in [5.41, 5.74) is 4.22. The van der Waals surface area contributed by atoms with Crippen LogP contribution >= 0.6 is 23.1 Å². The summed E-state index contributed by atoms with van der Waals surface area (Å²) in [6.07, 6.45) is 6.85. The van der Waals surface area contributed by atoms with E-state index in [0.29, 0.717) is 11.7 Å². The monoisotopic (exact) mass is 530 g/mol. The van der Waals surface area contributed by atoms with Crippen molar-refractivity contribution in [2.45, 2.75) is 50.2 Å². The van der Waals surface area contributed by atoms with Gasteiger partial charge in [-0.25, -0.2) is 4.98 Å². The van der Waals surface area contributed by atoms with Gasteiger partial charge in [0.2, 0.25) is 5.91 Å². The highest BCUT2D eigenvalue weighted by molar-refractivity contribution is 7.99. The first-order valence-corrected chi connectivity index (χ1v) is 14.8. The first-order chi connectivity index (χ1) is 18.2. The van der Waals surface area contributed by atoms with Crippen LogP contribution in [0.3, 0.4) is 0 Å². The van der Waals surface area contributed by atoms with Crippen LogP contribution in [0.1, 0.15) is 41.7 Å². The number of hydrogen-bond acceptors (Lipinski definition) is 6. The van der Waals surface area contributed by atoms with Gasteiger partial charge in [0, 0.05) is 29.3 Å². The van der Waals surface area contributed by atoms with Crippen LogP contribution in [0.5, 0.6) is 0 Å². The van der Waals surface area contributed by atoms with Crippen molar-refractivity contribution in [3.63, 3.8) is 0 Å². The number of thioether (sulfide) groups is 1. The molecule has 190 valence electrons. The number of thiophene rings is 1. The van der Waals surface area contributed by atoms with Gasteiger partial charge in [-0.15, -0.1) is 11.3 Å². The summed E-state index contributed by atoms with van der Waals surface area (Å²) in [4.78, 5) is 35.9. The van der Waals surface area contributed by atoms with E-state index < -0.39 is 0 Å². The highest BCUT2D eigenvalue weighted by atomic mass is 32.2. The third-order valence-electron chi connectivity index (χ3n) is 7.18. The molecule has 1 saturated heterocycles. The van der Waals surface area contributed by atoms with Gasteiger partial charge in [0.05, 0.1) is 17.7 Å². The quantitative estimate of drug-likeness (QED) is 0.245. The molecule has 37 heavy (non-hydrogen) atoms. The number of aromatic nitrogens is 2. The van der Waals surface area contributed by atoms with Gasteiger partial charge in [-0.2, -0.15) is 0 Å². The molecule has 2 aliphatic rings. The highest BCUT2D eigenvalue weighted by Gasteiger charge is 2.24. The summed E-state index contributed by atoms with van der Waals surface area (Å²) in [6, 6.07) is 18.1. The number of benzene rings is 2. The molecule has 0 spiro atoms. The first-order valence-electron chi connectivity index (χ1n) is 13.0. The third kappa shape index (κ3) is 5.18. The molecule has 0 unspecified atom stereocenters. The lowest BCUT2D eigenvalue weighted by molar-refractivity contribution is -0.113. The number of nitrogens with zero attached hydrogens (tertiary/aromatic N) is 3. The predicted octanol–water partition coefficient (Wildman–Crippen LogP) is 5.72. The number of rotatable bonds is 7. The van der Waals surface area contributed by atoms with Crippen molar-refractivity contribution in [1.82, 2.24) is 9.55 Å². The van der Waals surface area contributed by atoms with Crippen LogP contribution in [-0.2, 0) is 24.2 Å². The lowest BCUT2D eigenvalue weighted by Gasteiger charge is -2.28. The van der Waals surface area contributed by atoms with Crippen molar-refractivity contribution in [3.05, 3.63) is 81.0 Å². The summed E-state index contributed by atoms with van der Waals surface area (Å²) in [5, 5.41) is 4.37. The maximum absolute atomic E-state index is 13.7. The van der Waals surface area contributed by atoms with E-state index in [0.717, 1.165) is 53.8 Å². The fourth-order valence-corrected chi connectivity index (χ4v) is 7.41. The van der Waals surface area contributed by atoms with E-state index in [-0.39, 0.29) is 17.2 Å². The molecule has 0 bridgehead atoms. The lowest BCUT2D eigenvalue weighted by atomic mass is 10.1. The number of nitrogens with one attached hydrogen (secondary N) is 1. The Morgan fingerprint density at radius 1 is 0.973 bits per heavy atom. The van der Waals surface area contributed by atoms with Crippen molar-refractivity contribution in [2.75, 3.05) is 29.1 Å². The summed E-state index contributed by atoms with van der Waals surface area (Å²) in [7, 11) is 0. The van der Waals surface area contributed by atoms with E-state index in [2.05, 4.69) is 22.3 Å². The highest BCUT2D eigenvalue weighted by Crippen LogP contribution is 2.35. The van der Waals surface area contributed by atoms with E-state index in [1.165, 1.54) is 47.2 Å². The van der Waals surface area contributed by atoms with Gasteiger partial charge in [0.1, 0.15) is 4.83 Å². The molecular weight excluding hydrogens is 500 g/mol. The average molecular weight is 531 g/mol.